The van der Waals surface area contributed by atoms with Gasteiger partial charge >= 0.3 is 0 Å². The first-order valence-electron chi connectivity index (χ1n) is 8.49. The second-order valence-electron chi connectivity index (χ2n) is 6.37. The molecule has 0 unspecified atom stereocenters. The largest absolute Gasteiger partial charge is 0.262 e. The number of aromatic nitrogens is 2. The Morgan fingerprint density at radius 1 is 0.840 bits per heavy atom. The minimum Gasteiger partial charge on any atom is -0.233 e. The van der Waals surface area contributed by atoms with E-state index in [9.17, 15) is 0 Å². The molecule has 0 aliphatic carbocycles. The lowest BCUT2D eigenvalue weighted by Crippen LogP contribution is -2.35. The summed E-state index contributed by atoms with van der Waals surface area (Å²) >= 11 is 18.7. The second kappa shape index (κ2) is 7.03. The van der Waals surface area contributed by atoms with Crippen LogP contribution in [0.2, 0.25) is 15.1 Å². The number of rotatable bonds is 2. The van der Waals surface area contributed by atoms with Crippen LogP contribution in [0, 0.1) is 0 Å². The molecule has 0 atom stereocenters. The van der Waals surface area contributed by atoms with E-state index in [-0.39, 0.29) is 0 Å². The Labute approximate surface area is 162 Å². The number of aryl methyl sites for hydroxylation is 1. The van der Waals surface area contributed by atoms with E-state index in [1.54, 1.807) is 6.07 Å². The Hall–Kier alpha value is -1.48. The fourth-order valence-electron chi connectivity index (χ4n) is 3.50. The maximum absolute atomic E-state index is 6.52. The first kappa shape index (κ1) is 17.0. The summed E-state index contributed by atoms with van der Waals surface area (Å²) in [6.45, 7) is 1.04. The number of hydrogen-bond acceptors (Lipinski definition) is 0. The van der Waals surface area contributed by atoms with Gasteiger partial charge in [-0.25, -0.2) is 4.57 Å². The SMILES string of the molecule is Clc1ccc(-n2c(-c3ccc(Cl)cc3Cl)c[n+]3c2CCCCC3)cc1. The Morgan fingerprint density at radius 2 is 1.60 bits per heavy atom. The molecule has 0 fully saturated rings. The molecule has 5 heteroatoms. The average Bonchev–Trinajstić information content (AvgIpc) is 2.78. The third kappa shape index (κ3) is 3.31. The summed E-state index contributed by atoms with van der Waals surface area (Å²) in [7, 11) is 0. The van der Waals surface area contributed by atoms with Gasteiger partial charge in [-0.1, -0.05) is 34.8 Å². The van der Waals surface area contributed by atoms with E-state index < -0.39 is 0 Å². The van der Waals surface area contributed by atoms with Gasteiger partial charge < -0.3 is 0 Å². The van der Waals surface area contributed by atoms with Crippen LogP contribution < -0.4 is 4.57 Å². The van der Waals surface area contributed by atoms with Crippen molar-refractivity contribution >= 4 is 34.8 Å². The molecular weight excluding hydrogens is 375 g/mol. The van der Waals surface area contributed by atoms with Gasteiger partial charge in [0.25, 0.3) is 5.82 Å². The van der Waals surface area contributed by atoms with Crippen molar-refractivity contribution in [3.8, 4) is 16.9 Å². The third-order valence-electron chi connectivity index (χ3n) is 4.70. The standard InChI is InChI=1S/C20H18Cl3N2/c21-14-5-8-16(9-6-14)25-19(17-10-7-15(22)12-18(17)23)13-24-11-3-1-2-4-20(24)25/h5-10,12-13H,1-4,11H2/q+1. The highest BCUT2D eigenvalue weighted by Crippen LogP contribution is 2.33. The molecule has 4 rings (SSSR count). The molecule has 2 heterocycles. The highest BCUT2D eigenvalue weighted by atomic mass is 35.5. The summed E-state index contributed by atoms with van der Waals surface area (Å²) < 4.78 is 4.67. The Morgan fingerprint density at radius 3 is 2.36 bits per heavy atom. The van der Waals surface area contributed by atoms with Gasteiger partial charge in [0.15, 0.2) is 5.69 Å². The quantitative estimate of drug-likeness (QED) is 0.465. The van der Waals surface area contributed by atoms with Crippen molar-refractivity contribution in [3.63, 3.8) is 0 Å². The molecule has 0 bridgehead atoms. The summed E-state index contributed by atoms with van der Waals surface area (Å²) in [5.41, 5.74) is 3.17. The van der Waals surface area contributed by atoms with Gasteiger partial charge in [0.1, 0.15) is 11.9 Å². The zero-order valence-corrected chi connectivity index (χ0v) is 16.0. The first-order valence-corrected chi connectivity index (χ1v) is 9.62. The molecule has 0 spiro atoms. The van der Waals surface area contributed by atoms with Crippen molar-refractivity contribution < 1.29 is 4.57 Å². The van der Waals surface area contributed by atoms with Crippen LogP contribution in [-0.4, -0.2) is 4.57 Å². The molecule has 0 saturated heterocycles. The van der Waals surface area contributed by atoms with Crippen molar-refractivity contribution in [2.75, 3.05) is 0 Å². The number of halogens is 3. The van der Waals surface area contributed by atoms with E-state index in [1.807, 2.05) is 24.3 Å². The smallest absolute Gasteiger partial charge is 0.233 e. The van der Waals surface area contributed by atoms with Gasteiger partial charge in [0.05, 0.1) is 11.6 Å². The number of imidazole rings is 1. The van der Waals surface area contributed by atoms with Crippen LogP contribution in [0.25, 0.3) is 16.9 Å². The molecule has 0 radical (unpaired) electrons. The molecule has 2 nitrogen and oxygen atoms in total. The predicted molar refractivity (Wildman–Crippen MR) is 104 cm³/mol. The molecule has 25 heavy (non-hydrogen) atoms. The van der Waals surface area contributed by atoms with E-state index >= 15 is 0 Å². The molecule has 0 N–H and O–H groups in total. The monoisotopic (exact) mass is 391 g/mol. The number of benzene rings is 2. The van der Waals surface area contributed by atoms with Crippen molar-refractivity contribution in [3.05, 3.63) is 69.6 Å². The molecular formula is C20H18Cl3N2+. The second-order valence-corrected chi connectivity index (χ2v) is 7.65. The zero-order valence-electron chi connectivity index (χ0n) is 13.7. The lowest BCUT2D eigenvalue weighted by atomic mass is 10.1. The molecule has 0 amide bonds. The van der Waals surface area contributed by atoms with E-state index in [1.165, 1.54) is 25.1 Å². The maximum Gasteiger partial charge on any atom is 0.262 e. The topological polar surface area (TPSA) is 8.81 Å². The van der Waals surface area contributed by atoms with E-state index in [4.69, 9.17) is 34.8 Å². The van der Waals surface area contributed by atoms with Crippen molar-refractivity contribution in [2.24, 2.45) is 0 Å². The fourth-order valence-corrected chi connectivity index (χ4v) is 4.14. The summed E-state index contributed by atoms with van der Waals surface area (Å²) in [4.78, 5) is 0. The van der Waals surface area contributed by atoms with E-state index in [2.05, 4.69) is 27.5 Å². The Kier molecular flexibility index (Phi) is 4.77. The fraction of sp³-hybridized carbons (Fsp3) is 0.250. The summed E-state index contributed by atoms with van der Waals surface area (Å²) in [5.74, 6) is 1.31. The molecule has 2 aromatic carbocycles. The van der Waals surface area contributed by atoms with Crippen molar-refractivity contribution in [2.45, 2.75) is 32.2 Å². The van der Waals surface area contributed by atoms with Crippen LogP contribution in [0.15, 0.2) is 48.7 Å². The minimum absolute atomic E-state index is 0.646. The maximum atomic E-state index is 6.52. The van der Waals surface area contributed by atoms with Crippen molar-refractivity contribution in [1.29, 1.82) is 0 Å². The van der Waals surface area contributed by atoms with Crippen LogP contribution in [-0.2, 0) is 13.0 Å². The van der Waals surface area contributed by atoms with Gasteiger partial charge in [-0.2, -0.15) is 4.57 Å². The van der Waals surface area contributed by atoms with E-state index in [0.29, 0.717) is 10.0 Å². The highest BCUT2D eigenvalue weighted by molar-refractivity contribution is 6.36. The lowest BCUT2D eigenvalue weighted by Gasteiger charge is -2.07. The van der Waals surface area contributed by atoms with Crippen LogP contribution in [0.3, 0.4) is 0 Å². The third-order valence-corrected chi connectivity index (χ3v) is 5.50. The van der Waals surface area contributed by atoms with Crippen LogP contribution in [0.1, 0.15) is 25.1 Å². The summed E-state index contributed by atoms with van der Waals surface area (Å²) in [6.07, 6.45) is 6.93. The molecule has 1 aromatic heterocycles. The normalized spacial score (nSPS) is 14.2. The van der Waals surface area contributed by atoms with Gasteiger partial charge in [0, 0.05) is 22.0 Å². The summed E-state index contributed by atoms with van der Waals surface area (Å²) in [6, 6.07) is 13.6. The van der Waals surface area contributed by atoms with Gasteiger partial charge in [-0.3, -0.25) is 0 Å². The number of hydrogen-bond donors (Lipinski definition) is 0. The van der Waals surface area contributed by atoms with Crippen LogP contribution in [0.5, 0.6) is 0 Å². The number of fused-ring (bicyclic) bond motifs is 1. The van der Waals surface area contributed by atoms with Gasteiger partial charge in [0.2, 0.25) is 0 Å². The van der Waals surface area contributed by atoms with Crippen LogP contribution in [0.4, 0.5) is 0 Å². The zero-order chi connectivity index (χ0) is 17.4. The van der Waals surface area contributed by atoms with Crippen LogP contribution >= 0.6 is 34.8 Å². The first-order chi connectivity index (χ1) is 12.1. The van der Waals surface area contributed by atoms with Crippen molar-refractivity contribution in [1.82, 2.24) is 4.57 Å². The number of nitrogens with zero attached hydrogens (tertiary/aromatic N) is 2. The van der Waals surface area contributed by atoms with E-state index in [0.717, 1.165) is 34.9 Å². The molecule has 0 saturated carbocycles. The predicted octanol–water partition coefficient (Wildman–Crippen LogP) is 6.12. The molecule has 3 aromatic rings. The molecule has 1 aliphatic rings. The molecule has 128 valence electrons. The lowest BCUT2D eigenvalue weighted by molar-refractivity contribution is -0.702. The van der Waals surface area contributed by atoms with Gasteiger partial charge in [-0.05, 0) is 61.7 Å². The Bertz CT molecular complexity index is 913. The van der Waals surface area contributed by atoms with Gasteiger partial charge in [-0.15, -0.1) is 0 Å². The Balaban J connectivity index is 1.95. The summed E-state index contributed by atoms with van der Waals surface area (Å²) in [5, 5.41) is 2.05. The minimum atomic E-state index is 0.646. The highest BCUT2D eigenvalue weighted by Gasteiger charge is 2.28. The molecule has 1 aliphatic heterocycles. The average molecular weight is 393 g/mol.